The number of hydrogen-bond acceptors (Lipinski definition) is 10. The van der Waals surface area contributed by atoms with E-state index in [0.29, 0.717) is 47.4 Å². The predicted molar refractivity (Wildman–Crippen MR) is 182 cm³/mol. The lowest BCUT2D eigenvalue weighted by molar-refractivity contribution is -0.127. The monoisotopic (exact) mass is 665 g/mol. The maximum absolute atomic E-state index is 15.6. The molecule has 3 fully saturated rings. The highest BCUT2D eigenvalue weighted by atomic mass is 19.1. The number of nitrogen functional groups attached to an aromatic ring is 1. The van der Waals surface area contributed by atoms with Crippen molar-refractivity contribution in [2.24, 2.45) is 0 Å². The number of carbonyl (C=O) groups is 1. The van der Waals surface area contributed by atoms with Gasteiger partial charge in [-0.15, -0.1) is 0 Å². The predicted octanol–water partition coefficient (Wildman–Crippen LogP) is 4.24. The number of piperazine rings is 1. The molecule has 3 saturated heterocycles. The molecule has 0 radical (unpaired) electrons. The molecule has 254 valence electrons. The average molecular weight is 666 g/mol. The van der Waals surface area contributed by atoms with E-state index >= 15 is 4.39 Å². The van der Waals surface area contributed by atoms with Gasteiger partial charge in [-0.05, 0) is 57.0 Å². The van der Waals surface area contributed by atoms with Crippen LogP contribution >= 0.6 is 0 Å². The van der Waals surface area contributed by atoms with Crippen LogP contribution in [0.25, 0.3) is 22.3 Å². The average Bonchev–Trinajstić information content (AvgIpc) is 3.69. The Kier molecular flexibility index (Phi) is 9.02. The molecule has 3 aliphatic heterocycles. The third kappa shape index (κ3) is 6.59. The third-order valence-corrected chi connectivity index (χ3v) is 9.87. The Morgan fingerprint density at radius 2 is 1.88 bits per heavy atom. The van der Waals surface area contributed by atoms with Crippen molar-refractivity contribution in [3.8, 4) is 28.8 Å². The molecule has 2 aromatic carbocycles. The number of benzene rings is 2. The number of aromatic nitrogens is 4. The largest absolute Gasteiger partial charge is 0.457 e. The lowest BCUT2D eigenvalue weighted by Gasteiger charge is -2.46. The standard InChI is InChI=1S/C36H40FN9O3/c1-36(2,44-15-13-43(14-16-44)26-21-48-22-26)18-24(19-38)35(47)45-12-6-7-25(45)20-46-34-31(33(39)40-23-41-34)32(42-46)29-11-10-28(17-30(29)37)49-27-8-4-3-5-9-27/h3-5,8-11,17-18,23,25-26H,6-7,12-16,20-22H2,1-2H3,(H2,39,40,41)/b24-18-/t25-/m0/s1. The van der Waals surface area contributed by atoms with Crippen molar-refractivity contribution in [3.05, 3.63) is 72.3 Å². The van der Waals surface area contributed by atoms with E-state index in [0.717, 1.165) is 52.2 Å². The number of para-hydroxylation sites is 1. The van der Waals surface area contributed by atoms with Gasteiger partial charge < -0.3 is 20.1 Å². The van der Waals surface area contributed by atoms with Gasteiger partial charge in [0.15, 0.2) is 5.65 Å². The van der Waals surface area contributed by atoms with Gasteiger partial charge in [-0.2, -0.15) is 10.4 Å². The highest BCUT2D eigenvalue weighted by Gasteiger charge is 2.36. The number of amides is 1. The maximum Gasteiger partial charge on any atom is 0.264 e. The van der Waals surface area contributed by atoms with Gasteiger partial charge in [-0.25, -0.2) is 19.0 Å². The minimum atomic E-state index is -0.536. The number of nitrogens with two attached hydrogens (primary N) is 1. The lowest BCUT2D eigenvalue weighted by Crippen LogP contribution is -2.59. The number of nitrogens with zero attached hydrogens (tertiary/aromatic N) is 8. The van der Waals surface area contributed by atoms with Crippen LogP contribution in [0.3, 0.4) is 0 Å². The quantitative estimate of drug-likeness (QED) is 0.204. The van der Waals surface area contributed by atoms with E-state index in [-0.39, 0.29) is 28.9 Å². The summed E-state index contributed by atoms with van der Waals surface area (Å²) in [6.07, 6.45) is 4.67. The fourth-order valence-electron chi connectivity index (χ4n) is 7.05. The van der Waals surface area contributed by atoms with Crippen molar-refractivity contribution in [2.75, 3.05) is 51.7 Å². The summed E-state index contributed by atoms with van der Waals surface area (Å²) in [5, 5.41) is 15.4. The molecular weight excluding hydrogens is 625 g/mol. The minimum absolute atomic E-state index is 0.129. The molecule has 0 saturated carbocycles. The number of rotatable bonds is 9. The first-order chi connectivity index (χ1) is 23.7. The van der Waals surface area contributed by atoms with E-state index in [1.807, 2.05) is 24.3 Å². The number of fused-ring (bicyclic) bond motifs is 1. The van der Waals surface area contributed by atoms with E-state index in [1.165, 1.54) is 12.4 Å². The van der Waals surface area contributed by atoms with E-state index in [2.05, 4.69) is 39.7 Å². The van der Waals surface area contributed by atoms with Gasteiger partial charge in [0.1, 0.15) is 46.8 Å². The fourth-order valence-corrected chi connectivity index (χ4v) is 7.05. The topological polar surface area (TPSA) is 139 Å². The number of carbonyl (C=O) groups excluding carboxylic acids is 1. The summed E-state index contributed by atoms with van der Waals surface area (Å²) >= 11 is 0. The Hall–Kier alpha value is -4.90. The van der Waals surface area contributed by atoms with Crippen molar-refractivity contribution < 1.29 is 18.7 Å². The maximum atomic E-state index is 15.6. The molecule has 0 aliphatic carbocycles. The minimum Gasteiger partial charge on any atom is -0.457 e. The molecule has 49 heavy (non-hydrogen) atoms. The zero-order valence-electron chi connectivity index (χ0n) is 27.8. The summed E-state index contributed by atoms with van der Waals surface area (Å²) in [6, 6.07) is 16.2. The Morgan fingerprint density at radius 1 is 1.10 bits per heavy atom. The number of ether oxygens (including phenoxy) is 2. The van der Waals surface area contributed by atoms with Crippen molar-refractivity contribution in [1.29, 1.82) is 5.26 Å². The summed E-state index contributed by atoms with van der Waals surface area (Å²) in [6.45, 7) is 10.1. The molecule has 1 atom stereocenters. The molecule has 1 amide bonds. The first kappa shape index (κ1) is 32.6. The van der Waals surface area contributed by atoms with E-state index in [1.54, 1.807) is 33.8 Å². The van der Waals surface area contributed by atoms with Crippen LogP contribution in [-0.4, -0.2) is 104 Å². The van der Waals surface area contributed by atoms with Crippen molar-refractivity contribution >= 4 is 22.8 Å². The molecule has 7 rings (SSSR count). The van der Waals surface area contributed by atoms with Gasteiger partial charge in [0.05, 0.1) is 37.2 Å². The summed E-state index contributed by atoms with van der Waals surface area (Å²) in [4.78, 5) is 29.1. The number of nitriles is 1. The highest BCUT2D eigenvalue weighted by molar-refractivity contribution is 5.99. The van der Waals surface area contributed by atoms with Gasteiger partial charge in [-0.3, -0.25) is 14.6 Å². The van der Waals surface area contributed by atoms with Gasteiger partial charge in [-0.1, -0.05) is 18.2 Å². The molecule has 0 unspecified atom stereocenters. The molecule has 4 aromatic rings. The second-order valence-corrected chi connectivity index (χ2v) is 13.4. The Morgan fingerprint density at radius 3 is 2.57 bits per heavy atom. The lowest BCUT2D eigenvalue weighted by atomic mass is 9.97. The smallest absolute Gasteiger partial charge is 0.264 e. The fraction of sp³-hybridized carbons (Fsp3) is 0.417. The van der Waals surface area contributed by atoms with Crippen LogP contribution in [0.15, 0.2) is 66.5 Å². The first-order valence-electron chi connectivity index (χ1n) is 16.7. The number of halogens is 1. The third-order valence-electron chi connectivity index (χ3n) is 9.87. The zero-order valence-corrected chi connectivity index (χ0v) is 27.8. The Labute approximate surface area is 284 Å². The van der Waals surface area contributed by atoms with Crippen LogP contribution in [0.1, 0.15) is 26.7 Å². The molecule has 13 heteroatoms. The molecule has 3 aliphatic rings. The molecule has 0 spiro atoms. The highest BCUT2D eigenvalue weighted by Crippen LogP contribution is 2.35. The normalized spacial score (nSPS) is 19.6. The Bertz CT molecular complexity index is 1910. The van der Waals surface area contributed by atoms with Crippen molar-refractivity contribution in [3.63, 3.8) is 0 Å². The molecule has 2 aromatic heterocycles. The van der Waals surface area contributed by atoms with Crippen LogP contribution in [0.2, 0.25) is 0 Å². The first-order valence-corrected chi connectivity index (χ1v) is 16.7. The van der Waals surface area contributed by atoms with Crippen LogP contribution < -0.4 is 10.5 Å². The SMILES string of the molecule is CC(C)(/C=C(/C#N)C(=O)N1CCC[C@H]1Cn1nc(-c2ccc(Oc3ccccc3)cc2F)c2c(N)ncnc21)N1CCN(C2COC2)CC1. The number of hydrogen-bond donors (Lipinski definition) is 1. The second kappa shape index (κ2) is 13.5. The second-order valence-electron chi connectivity index (χ2n) is 13.4. The molecule has 5 heterocycles. The van der Waals surface area contributed by atoms with E-state index < -0.39 is 11.4 Å². The van der Waals surface area contributed by atoms with E-state index in [9.17, 15) is 10.1 Å². The van der Waals surface area contributed by atoms with Crippen LogP contribution in [0, 0.1) is 17.1 Å². The van der Waals surface area contributed by atoms with Crippen LogP contribution in [0.5, 0.6) is 11.5 Å². The summed E-state index contributed by atoms with van der Waals surface area (Å²) < 4.78 is 28.5. The Balaban J connectivity index is 1.11. The van der Waals surface area contributed by atoms with Crippen molar-refractivity contribution in [2.45, 2.75) is 50.9 Å². The van der Waals surface area contributed by atoms with Gasteiger partial charge in [0.25, 0.3) is 5.91 Å². The summed E-state index contributed by atoms with van der Waals surface area (Å²) in [5.74, 6) is 0.276. The van der Waals surface area contributed by atoms with Gasteiger partial charge in [0.2, 0.25) is 0 Å². The van der Waals surface area contributed by atoms with Crippen molar-refractivity contribution in [1.82, 2.24) is 34.4 Å². The van der Waals surface area contributed by atoms with Gasteiger partial charge >= 0.3 is 0 Å². The summed E-state index contributed by atoms with van der Waals surface area (Å²) in [7, 11) is 0. The van der Waals surface area contributed by atoms with Gasteiger partial charge in [0, 0.05) is 49.9 Å². The molecular formula is C36H40FN9O3. The molecule has 0 bridgehead atoms. The molecule has 2 N–H and O–H groups in total. The number of likely N-dealkylation sites (tertiary alicyclic amines) is 1. The molecule has 12 nitrogen and oxygen atoms in total. The zero-order chi connectivity index (χ0) is 34.1. The summed E-state index contributed by atoms with van der Waals surface area (Å²) in [5.41, 5.74) is 6.93. The number of anilines is 1. The van der Waals surface area contributed by atoms with Crippen LogP contribution in [0.4, 0.5) is 10.2 Å². The van der Waals surface area contributed by atoms with E-state index in [4.69, 9.17) is 20.3 Å². The van der Waals surface area contributed by atoms with Crippen LogP contribution in [-0.2, 0) is 16.1 Å².